The monoisotopic (exact) mass is 211 g/mol. The van der Waals surface area contributed by atoms with Crippen molar-refractivity contribution in [3.63, 3.8) is 0 Å². The van der Waals surface area contributed by atoms with Crippen LogP contribution in [0.4, 0.5) is 0 Å². The Balaban J connectivity index is 1.79. The molecular formula is C13H25NO. The fourth-order valence-electron chi connectivity index (χ4n) is 2.94. The molecule has 2 aliphatic heterocycles. The molecule has 2 bridgehead atoms. The Labute approximate surface area is 93.6 Å². The summed E-state index contributed by atoms with van der Waals surface area (Å²) in [5.74, 6) is 0.645. The molecule has 2 nitrogen and oxygen atoms in total. The first kappa shape index (κ1) is 11.4. The average Bonchev–Trinajstić information content (AvgIpc) is 2.73. The van der Waals surface area contributed by atoms with Crippen molar-refractivity contribution in [3.05, 3.63) is 0 Å². The highest BCUT2D eigenvalue weighted by Crippen LogP contribution is 2.41. The standard InChI is InChI=1S/C13H25NO/c1-13(2,3)7-6-11(14)10-8-9-4-5-12(10)15-9/h9-12H,4-8,14H2,1-3H3. The topological polar surface area (TPSA) is 35.2 Å². The molecule has 15 heavy (non-hydrogen) atoms. The Morgan fingerprint density at radius 1 is 1.33 bits per heavy atom. The van der Waals surface area contributed by atoms with Gasteiger partial charge in [0.25, 0.3) is 0 Å². The third-order valence-electron chi connectivity index (χ3n) is 3.93. The van der Waals surface area contributed by atoms with Gasteiger partial charge in [0.1, 0.15) is 0 Å². The van der Waals surface area contributed by atoms with Crippen LogP contribution in [0.15, 0.2) is 0 Å². The van der Waals surface area contributed by atoms with Gasteiger partial charge < -0.3 is 10.5 Å². The van der Waals surface area contributed by atoms with E-state index in [1.54, 1.807) is 0 Å². The molecule has 4 unspecified atom stereocenters. The molecule has 0 aromatic carbocycles. The van der Waals surface area contributed by atoms with Gasteiger partial charge in [-0.2, -0.15) is 0 Å². The number of hydrogen-bond acceptors (Lipinski definition) is 2. The highest BCUT2D eigenvalue weighted by atomic mass is 16.5. The largest absolute Gasteiger partial charge is 0.375 e. The SMILES string of the molecule is CC(C)(C)CCC(N)C1CC2CCC1O2. The van der Waals surface area contributed by atoms with Crippen LogP contribution in [0.5, 0.6) is 0 Å². The summed E-state index contributed by atoms with van der Waals surface area (Å²) in [6.07, 6.45) is 7.15. The van der Waals surface area contributed by atoms with Crippen LogP contribution in [0.1, 0.15) is 52.9 Å². The zero-order valence-corrected chi connectivity index (χ0v) is 10.3. The quantitative estimate of drug-likeness (QED) is 0.779. The predicted octanol–water partition coefficient (Wildman–Crippen LogP) is 2.71. The molecule has 2 rings (SSSR count). The van der Waals surface area contributed by atoms with E-state index in [2.05, 4.69) is 20.8 Å². The van der Waals surface area contributed by atoms with Gasteiger partial charge in [-0.15, -0.1) is 0 Å². The van der Waals surface area contributed by atoms with Crippen molar-refractivity contribution in [1.29, 1.82) is 0 Å². The number of ether oxygens (including phenoxy) is 1. The molecule has 2 heterocycles. The van der Waals surface area contributed by atoms with Crippen LogP contribution in [0.3, 0.4) is 0 Å². The Kier molecular flexibility index (Phi) is 3.09. The van der Waals surface area contributed by atoms with Crippen LogP contribution in [0, 0.1) is 11.3 Å². The second-order valence-electron chi connectivity index (χ2n) is 6.54. The highest BCUT2D eigenvalue weighted by Gasteiger charge is 2.43. The first-order chi connectivity index (χ1) is 6.96. The van der Waals surface area contributed by atoms with Crippen LogP contribution in [0.2, 0.25) is 0 Å². The van der Waals surface area contributed by atoms with Gasteiger partial charge in [0.15, 0.2) is 0 Å². The fourth-order valence-corrected chi connectivity index (χ4v) is 2.94. The van der Waals surface area contributed by atoms with Gasteiger partial charge in [-0.05, 0) is 37.5 Å². The maximum atomic E-state index is 6.29. The molecule has 0 aromatic rings. The minimum atomic E-state index is 0.361. The first-order valence-electron chi connectivity index (χ1n) is 6.37. The lowest BCUT2D eigenvalue weighted by molar-refractivity contribution is 0.0870. The summed E-state index contributed by atoms with van der Waals surface area (Å²) >= 11 is 0. The molecule has 2 heteroatoms. The van der Waals surface area contributed by atoms with Gasteiger partial charge in [0, 0.05) is 12.0 Å². The lowest BCUT2D eigenvalue weighted by atomic mass is 9.80. The molecule has 2 fully saturated rings. The van der Waals surface area contributed by atoms with Gasteiger partial charge in [-0.3, -0.25) is 0 Å². The molecule has 2 saturated heterocycles. The summed E-state index contributed by atoms with van der Waals surface area (Å²) in [6.45, 7) is 6.87. The van der Waals surface area contributed by atoms with Gasteiger partial charge in [0.05, 0.1) is 12.2 Å². The maximum Gasteiger partial charge on any atom is 0.0623 e. The third kappa shape index (κ3) is 2.73. The Morgan fingerprint density at radius 3 is 2.53 bits per heavy atom. The van der Waals surface area contributed by atoms with E-state index < -0.39 is 0 Å². The summed E-state index contributed by atoms with van der Waals surface area (Å²) in [4.78, 5) is 0. The van der Waals surface area contributed by atoms with Crippen LogP contribution in [-0.2, 0) is 4.74 Å². The smallest absolute Gasteiger partial charge is 0.0623 e. The maximum absolute atomic E-state index is 6.29. The molecule has 0 aliphatic carbocycles. The molecular weight excluding hydrogens is 186 g/mol. The molecule has 0 radical (unpaired) electrons. The molecule has 0 saturated carbocycles. The fraction of sp³-hybridized carbons (Fsp3) is 1.00. The van der Waals surface area contributed by atoms with E-state index in [0.29, 0.717) is 29.6 Å². The van der Waals surface area contributed by atoms with Crippen LogP contribution in [0.25, 0.3) is 0 Å². The molecule has 4 atom stereocenters. The molecule has 0 aromatic heterocycles. The Bertz CT molecular complexity index is 221. The molecule has 0 amide bonds. The number of fused-ring (bicyclic) bond motifs is 2. The second kappa shape index (κ2) is 4.06. The number of hydrogen-bond donors (Lipinski definition) is 1. The number of rotatable bonds is 3. The first-order valence-corrected chi connectivity index (χ1v) is 6.37. The van der Waals surface area contributed by atoms with Crippen molar-refractivity contribution < 1.29 is 4.74 Å². The van der Waals surface area contributed by atoms with Gasteiger partial charge in [-0.1, -0.05) is 20.8 Å². The van der Waals surface area contributed by atoms with Crippen molar-refractivity contribution in [2.75, 3.05) is 0 Å². The highest BCUT2D eigenvalue weighted by molar-refractivity contribution is 4.94. The zero-order valence-electron chi connectivity index (χ0n) is 10.3. The van der Waals surface area contributed by atoms with E-state index in [0.717, 1.165) is 6.42 Å². The van der Waals surface area contributed by atoms with E-state index in [4.69, 9.17) is 10.5 Å². The normalized spacial score (nSPS) is 37.2. The van der Waals surface area contributed by atoms with E-state index in [-0.39, 0.29) is 0 Å². The minimum absolute atomic E-state index is 0.361. The lowest BCUT2D eigenvalue weighted by Crippen LogP contribution is -2.36. The van der Waals surface area contributed by atoms with Crippen LogP contribution >= 0.6 is 0 Å². The van der Waals surface area contributed by atoms with Crippen molar-refractivity contribution >= 4 is 0 Å². The Morgan fingerprint density at radius 2 is 2.07 bits per heavy atom. The Hall–Kier alpha value is -0.0800. The lowest BCUT2D eigenvalue weighted by Gasteiger charge is -2.28. The summed E-state index contributed by atoms with van der Waals surface area (Å²) in [7, 11) is 0. The number of nitrogens with two attached hydrogens (primary N) is 1. The van der Waals surface area contributed by atoms with E-state index >= 15 is 0 Å². The zero-order chi connectivity index (χ0) is 11.1. The van der Waals surface area contributed by atoms with Crippen molar-refractivity contribution in [1.82, 2.24) is 0 Å². The summed E-state index contributed by atoms with van der Waals surface area (Å²) in [5, 5.41) is 0. The van der Waals surface area contributed by atoms with E-state index in [9.17, 15) is 0 Å². The second-order valence-corrected chi connectivity index (χ2v) is 6.54. The summed E-state index contributed by atoms with van der Waals surface area (Å²) in [5.41, 5.74) is 6.71. The van der Waals surface area contributed by atoms with Gasteiger partial charge in [0.2, 0.25) is 0 Å². The van der Waals surface area contributed by atoms with Crippen LogP contribution in [-0.4, -0.2) is 18.2 Å². The van der Waals surface area contributed by atoms with Gasteiger partial charge in [-0.25, -0.2) is 0 Å². The summed E-state index contributed by atoms with van der Waals surface area (Å²) < 4.78 is 5.86. The van der Waals surface area contributed by atoms with Crippen LogP contribution < -0.4 is 5.73 Å². The predicted molar refractivity (Wildman–Crippen MR) is 62.7 cm³/mol. The molecule has 2 aliphatic rings. The van der Waals surface area contributed by atoms with Gasteiger partial charge >= 0.3 is 0 Å². The third-order valence-corrected chi connectivity index (χ3v) is 3.93. The molecule has 88 valence electrons. The van der Waals surface area contributed by atoms with Crippen molar-refractivity contribution in [2.45, 2.75) is 71.1 Å². The molecule has 0 spiro atoms. The minimum Gasteiger partial charge on any atom is -0.375 e. The van der Waals surface area contributed by atoms with Crippen molar-refractivity contribution in [2.24, 2.45) is 17.1 Å². The average molecular weight is 211 g/mol. The van der Waals surface area contributed by atoms with Crippen molar-refractivity contribution in [3.8, 4) is 0 Å². The van der Waals surface area contributed by atoms with E-state index in [1.807, 2.05) is 0 Å². The van der Waals surface area contributed by atoms with E-state index in [1.165, 1.54) is 25.7 Å². The molecule has 2 N–H and O–H groups in total. The summed E-state index contributed by atoms with van der Waals surface area (Å²) in [6, 6.07) is 0.361.